The minimum Gasteiger partial charge on any atom is -0.481 e. The summed E-state index contributed by atoms with van der Waals surface area (Å²) in [6.45, 7) is 0.224. The normalized spacial score (nSPS) is 15.4. The van der Waals surface area contributed by atoms with Crippen LogP contribution in [0.25, 0.3) is 0 Å². The van der Waals surface area contributed by atoms with Crippen molar-refractivity contribution in [2.24, 2.45) is 5.73 Å². The molecule has 0 aromatic carbocycles. The van der Waals surface area contributed by atoms with Crippen LogP contribution in [0.4, 0.5) is 0 Å². The summed E-state index contributed by atoms with van der Waals surface area (Å²) >= 11 is 0. The Kier molecular flexibility index (Phi) is 12.5. The van der Waals surface area contributed by atoms with Crippen molar-refractivity contribution in [2.75, 3.05) is 6.61 Å². The first-order chi connectivity index (χ1) is 14.8. The summed E-state index contributed by atoms with van der Waals surface area (Å²) in [7, 11) is 0. The molecule has 0 spiro atoms. The first kappa shape index (κ1) is 28.7. The molecular weight excluding hydrogens is 436 g/mol. The van der Waals surface area contributed by atoms with Crippen LogP contribution in [0.2, 0.25) is 0 Å². The van der Waals surface area contributed by atoms with Gasteiger partial charge in [-0.3, -0.25) is 24.0 Å². The molecule has 0 aliphatic rings. The Morgan fingerprint density at radius 1 is 0.750 bits per heavy atom. The molecule has 0 bridgehead atoms. The van der Waals surface area contributed by atoms with Crippen molar-refractivity contribution in [2.45, 2.75) is 62.9 Å². The van der Waals surface area contributed by atoms with Gasteiger partial charge in [0.05, 0.1) is 12.7 Å². The Labute approximate surface area is 182 Å². The predicted octanol–water partition coefficient (Wildman–Crippen LogP) is -4.04. The van der Waals surface area contributed by atoms with E-state index >= 15 is 0 Å². The first-order valence-corrected chi connectivity index (χ1v) is 9.42. The van der Waals surface area contributed by atoms with E-state index in [4.69, 9.17) is 21.1 Å². The third-order valence-corrected chi connectivity index (χ3v) is 4.18. The average Bonchev–Trinajstić information content (AvgIpc) is 2.70. The van der Waals surface area contributed by atoms with Crippen LogP contribution in [0.1, 0.15) is 32.6 Å². The molecule has 5 unspecified atom stereocenters. The first-order valence-electron chi connectivity index (χ1n) is 9.42. The predicted molar refractivity (Wildman–Crippen MR) is 104 cm³/mol. The summed E-state index contributed by atoms with van der Waals surface area (Å²) in [5, 5.41) is 51.5. The molecule has 10 N–H and O–H groups in total. The molecule has 15 heteroatoms. The molecule has 0 heterocycles. The van der Waals surface area contributed by atoms with Crippen LogP contribution in [0, 0.1) is 0 Å². The van der Waals surface area contributed by atoms with Gasteiger partial charge in [0, 0.05) is 12.8 Å². The highest BCUT2D eigenvalue weighted by molar-refractivity contribution is 5.94. The topological polar surface area (TPSA) is 266 Å². The fraction of sp³-hybridized carbons (Fsp3) is 0.647. The molecule has 0 saturated carbocycles. The van der Waals surface area contributed by atoms with Gasteiger partial charge in [0.1, 0.15) is 24.2 Å². The smallest absolute Gasteiger partial charge is 0.326 e. The van der Waals surface area contributed by atoms with E-state index in [9.17, 15) is 39.0 Å². The Bertz CT molecular complexity index is 713. The molecule has 0 saturated heterocycles. The van der Waals surface area contributed by atoms with E-state index in [-0.39, 0.29) is 0 Å². The van der Waals surface area contributed by atoms with Crippen LogP contribution in [0.3, 0.4) is 0 Å². The lowest BCUT2D eigenvalue weighted by atomic mass is 10.1. The Morgan fingerprint density at radius 3 is 1.56 bits per heavy atom. The molecule has 15 nitrogen and oxygen atoms in total. The minimum absolute atomic E-state index is 0.421. The van der Waals surface area contributed by atoms with Crippen LogP contribution >= 0.6 is 0 Å². The number of nitrogens with one attached hydrogen (secondary N) is 3. The van der Waals surface area contributed by atoms with Crippen molar-refractivity contribution in [3.63, 3.8) is 0 Å². The van der Waals surface area contributed by atoms with Gasteiger partial charge in [-0.05, 0) is 19.8 Å². The van der Waals surface area contributed by atoms with E-state index in [0.29, 0.717) is 0 Å². The van der Waals surface area contributed by atoms with Crippen LogP contribution in [0.15, 0.2) is 0 Å². The van der Waals surface area contributed by atoms with Crippen LogP contribution in [-0.4, -0.2) is 98.0 Å². The molecule has 0 aliphatic carbocycles. The number of aliphatic carboxylic acids is 3. The van der Waals surface area contributed by atoms with Crippen molar-refractivity contribution >= 4 is 35.6 Å². The fourth-order valence-corrected chi connectivity index (χ4v) is 2.29. The average molecular weight is 464 g/mol. The summed E-state index contributed by atoms with van der Waals surface area (Å²) in [5.41, 5.74) is 5.46. The Balaban J connectivity index is 5.30. The molecule has 0 aliphatic heterocycles. The van der Waals surface area contributed by atoms with E-state index in [1.807, 2.05) is 5.32 Å². The maximum absolute atomic E-state index is 12.5. The molecule has 5 atom stereocenters. The molecular formula is C17H28N4O11. The van der Waals surface area contributed by atoms with E-state index < -0.39 is 98.2 Å². The number of hydrogen-bond donors (Lipinski definition) is 9. The van der Waals surface area contributed by atoms with E-state index in [1.54, 1.807) is 0 Å². The summed E-state index contributed by atoms with van der Waals surface area (Å²) in [4.78, 5) is 69.4. The van der Waals surface area contributed by atoms with Gasteiger partial charge in [-0.25, -0.2) is 4.79 Å². The van der Waals surface area contributed by atoms with Gasteiger partial charge in [-0.2, -0.15) is 0 Å². The number of amides is 3. The third kappa shape index (κ3) is 10.6. The monoisotopic (exact) mass is 464 g/mol. The van der Waals surface area contributed by atoms with Gasteiger partial charge in [-0.1, -0.05) is 0 Å². The van der Waals surface area contributed by atoms with E-state index in [1.165, 1.54) is 6.92 Å². The number of aliphatic hydroxyl groups is 2. The second-order valence-corrected chi connectivity index (χ2v) is 6.84. The van der Waals surface area contributed by atoms with Crippen LogP contribution < -0.4 is 21.7 Å². The quantitative estimate of drug-likeness (QED) is 0.112. The third-order valence-electron chi connectivity index (χ3n) is 4.18. The summed E-state index contributed by atoms with van der Waals surface area (Å²) in [6, 6.07) is -6.25. The lowest BCUT2D eigenvalue weighted by Crippen LogP contribution is -2.59. The molecule has 0 fully saturated rings. The fourth-order valence-electron chi connectivity index (χ4n) is 2.29. The molecule has 0 rings (SSSR count). The van der Waals surface area contributed by atoms with Crippen molar-refractivity contribution in [3.05, 3.63) is 0 Å². The number of carbonyl (C=O) groups is 6. The van der Waals surface area contributed by atoms with Crippen molar-refractivity contribution in [3.8, 4) is 0 Å². The SMILES string of the molecule is CC(O)C(N)C(=O)NC(CCC(=O)O)C(=O)NC(CO)C(=O)NC(CCC(=O)O)C(=O)O. The maximum Gasteiger partial charge on any atom is 0.326 e. The highest BCUT2D eigenvalue weighted by Crippen LogP contribution is 2.03. The largest absolute Gasteiger partial charge is 0.481 e. The number of rotatable bonds is 15. The highest BCUT2D eigenvalue weighted by Gasteiger charge is 2.31. The summed E-state index contributed by atoms with van der Waals surface area (Å²) in [6.07, 6.45) is -3.30. The van der Waals surface area contributed by atoms with Gasteiger partial charge >= 0.3 is 17.9 Å². The van der Waals surface area contributed by atoms with E-state index in [2.05, 4.69) is 10.6 Å². The molecule has 182 valence electrons. The molecule has 3 amide bonds. The number of carbonyl (C=O) groups excluding carboxylic acids is 3. The van der Waals surface area contributed by atoms with Crippen molar-refractivity contribution in [1.29, 1.82) is 0 Å². The number of hydrogen-bond acceptors (Lipinski definition) is 9. The van der Waals surface area contributed by atoms with Crippen LogP contribution in [0.5, 0.6) is 0 Å². The lowest BCUT2D eigenvalue weighted by Gasteiger charge is -2.24. The number of carboxylic acids is 3. The van der Waals surface area contributed by atoms with E-state index in [0.717, 1.165) is 0 Å². The lowest BCUT2D eigenvalue weighted by molar-refractivity contribution is -0.143. The summed E-state index contributed by atoms with van der Waals surface area (Å²) < 4.78 is 0. The van der Waals surface area contributed by atoms with Gasteiger partial charge in [0.2, 0.25) is 17.7 Å². The standard InChI is InChI=1S/C17H28N4O11/c1-7(23)13(18)16(30)19-8(2-4-11(24)25)14(28)21-10(6-22)15(29)20-9(17(31)32)3-5-12(26)27/h7-10,13,22-23H,2-6,18H2,1H3,(H,19,30)(H,20,29)(H,21,28)(H,24,25)(H,26,27)(H,31,32). The Hall–Kier alpha value is -3.30. The molecule has 0 aromatic heterocycles. The maximum atomic E-state index is 12.5. The Morgan fingerprint density at radius 2 is 1.16 bits per heavy atom. The number of carboxylic acid groups (broad SMARTS) is 3. The minimum atomic E-state index is -1.69. The van der Waals surface area contributed by atoms with Gasteiger partial charge in [0.15, 0.2) is 0 Å². The number of nitrogens with two attached hydrogens (primary N) is 1. The zero-order valence-electron chi connectivity index (χ0n) is 17.2. The number of aliphatic hydroxyl groups excluding tert-OH is 2. The molecule has 32 heavy (non-hydrogen) atoms. The zero-order chi connectivity index (χ0) is 25.0. The summed E-state index contributed by atoms with van der Waals surface area (Å²) in [5.74, 6) is -7.34. The van der Waals surface area contributed by atoms with Crippen LogP contribution in [-0.2, 0) is 28.8 Å². The van der Waals surface area contributed by atoms with Crippen molar-refractivity contribution in [1.82, 2.24) is 16.0 Å². The second kappa shape index (κ2) is 13.9. The second-order valence-electron chi connectivity index (χ2n) is 6.84. The zero-order valence-corrected chi connectivity index (χ0v) is 17.2. The van der Waals surface area contributed by atoms with Gasteiger partial charge in [0.25, 0.3) is 0 Å². The van der Waals surface area contributed by atoms with Gasteiger partial charge < -0.3 is 47.2 Å². The highest BCUT2D eigenvalue weighted by atomic mass is 16.4. The molecule has 0 radical (unpaired) electrons. The molecule has 0 aromatic rings. The van der Waals surface area contributed by atoms with Crippen molar-refractivity contribution < 1.29 is 54.3 Å². The van der Waals surface area contributed by atoms with Gasteiger partial charge in [-0.15, -0.1) is 0 Å².